The van der Waals surface area contributed by atoms with Gasteiger partial charge in [-0.05, 0) is 86.0 Å². The minimum Gasteiger partial charge on any atom is -0.308 e. The zero-order chi connectivity index (χ0) is 24.3. The summed E-state index contributed by atoms with van der Waals surface area (Å²) in [6.07, 6.45) is 0. The maximum absolute atomic E-state index is 2.53. The van der Waals surface area contributed by atoms with Crippen molar-refractivity contribution in [1.82, 2.24) is 4.57 Å². The minimum atomic E-state index is 0.103. The molecule has 5 aromatic rings. The van der Waals surface area contributed by atoms with Gasteiger partial charge < -0.3 is 4.57 Å². The van der Waals surface area contributed by atoms with Gasteiger partial charge in [0.2, 0.25) is 0 Å². The Balaban J connectivity index is 1.86. The molecule has 34 heavy (non-hydrogen) atoms. The maximum Gasteiger partial charge on any atom is 0.0601 e. The van der Waals surface area contributed by atoms with Gasteiger partial charge in [0.15, 0.2) is 0 Å². The lowest BCUT2D eigenvalue weighted by molar-refractivity contribution is 0.590. The molecule has 5 rings (SSSR count). The van der Waals surface area contributed by atoms with E-state index in [-0.39, 0.29) is 10.8 Å². The third-order valence-electron chi connectivity index (χ3n) is 6.80. The molecule has 2 heteroatoms. The van der Waals surface area contributed by atoms with Crippen LogP contribution in [0.1, 0.15) is 52.7 Å². The molecule has 0 radical (unpaired) electrons. The van der Waals surface area contributed by atoms with E-state index in [2.05, 4.69) is 154 Å². The average Bonchev–Trinajstić information content (AvgIpc) is 3.12. The summed E-state index contributed by atoms with van der Waals surface area (Å²) in [5.41, 5.74) is 9.22. The van der Waals surface area contributed by atoms with Crippen LogP contribution in [0.15, 0.2) is 84.9 Å². The van der Waals surface area contributed by atoms with E-state index in [9.17, 15) is 0 Å². The molecule has 1 aromatic heterocycles. The topological polar surface area (TPSA) is 4.93 Å². The summed E-state index contributed by atoms with van der Waals surface area (Å²) < 4.78 is 3.72. The second kappa shape index (κ2) is 8.27. The van der Waals surface area contributed by atoms with Crippen LogP contribution in [-0.4, -0.2) is 4.57 Å². The lowest BCUT2D eigenvalue weighted by Gasteiger charge is -2.19. The lowest BCUT2D eigenvalue weighted by atomic mass is 9.85. The standard InChI is InChI=1S/C32H32IN/c1-31(2,3)22-15-17-27-25(19-22)26-20-23(32(4,5)6)16-18-28(26)34(27)29-14-10-13-24(30(29)33)21-11-8-7-9-12-21/h7-20H,1-6H3. The zero-order valence-electron chi connectivity index (χ0n) is 20.9. The highest BCUT2D eigenvalue weighted by Crippen LogP contribution is 2.39. The van der Waals surface area contributed by atoms with Crippen LogP contribution in [0.2, 0.25) is 0 Å². The second-order valence-corrected chi connectivity index (χ2v) is 12.4. The third-order valence-corrected chi connectivity index (χ3v) is 7.93. The first-order valence-corrected chi connectivity index (χ1v) is 13.1. The van der Waals surface area contributed by atoms with Gasteiger partial charge in [-0.3, -0.25) is 0 Å². The van der Waals surface area contributed by atoms with Gasteiger partial charge in [-0.15, -0.1) is 0 Å². The van der Waals surface area contributed by atoms with Gasteiger partial charge in [0.1, 0.15) is 0 Å². The molecule has 0 unspecified atom stereocenters. The van der Waals surface area contributed by atoms with Crippen molar-refractivity contribution in [1.29, 1.82) is 0 Å². The molecule has 0 fully saturated rings. The smallest absolute Gasteiger partial charge is 0.0601 e. The second-order valence-electron chi connectivity index (χ2n) is 11.3. The fourth-order valence-corrected chi connectivity index (χ4v) is 5.66. The van der Waals surface area contributed by atoms with Crippen molar-refractivity contribution in [2.24, 2.45) is 0 Å². The molecule has 1 heterocycles. The number of hydrogen-bond acceptors (Lipinski definition) is 0. The summed E-state index contributed by atoms with van der Waals surface area (Å²) in [7, 11) is 0. The molecule has 0 atom stereocenters. The zero-order valence-corrected chi connectivity index (χ0v) is 23.1. The van der Waals surface area contributed by atoms with Crippen LogP contribution in [0.25, 0.3) is 38.6 Å². The SMILES string of the molecule is CC(C)(C)c1ccc2c(c1)c1cc(C(C)(C)C)ccc1n2-c1cccc(-c2ccccc2)c1I. The lowest BCUT2D eigenvalue weighted by Crippen LogP contribution is -2.10. The van der Waals surface area contributed by atoms with E-state index >= 15 is 0 Å². The van der Waals surface area contributed by atoms with Crippen molar-refractivity contribution < 1.29 is 0 Å². The number of hydrogen-bond donors (Lipinski definition) is 0. The predicted molar refractivity (Wildman–Crippen MR) is 156 cm³/mol. The Hall–Kier alpha value is -2.59. The van der Waals surface area contributed by atoms with Crippen LogP contribution in [0.3, 0.4) is 0 Å². The fraction of sp³-hybridized carbons (Fsp3) is 0.250. The number of halogens is 1. The van der Waals surface area contributed by atoms with Crippen LogP contribution in [0.4, 0.5) is 0 Å². The number of aromatic nitrogens is 1. The molecule has 0 aliphatic rings. The Bertz CT molecular complexity index is 1440. The van der Waals surface area contributed by atoms with E-state index in [1.807, 2.05) is 0 Å². The molecule has 1 nitrogen and oxygen atoms in total. The van der Waals surface area contributed by atoms with Gasteiger partial charge in [0.05, 0.1) is 16.7 Å². The van der Waals surface area contributed by atoms with Crippen molar-refractivity contribution in [3.05, 3.63) is 99.6 Å². The van der Waals surface area contributed by atoms with Crippen LogP contribution in [0, 0.1) is 3.57 Å². The first-order valence-electron chi connectivity index (χ1n) is 12.0. The Kier molecular flexibility index (Phi) is 5.63. The molecular weight excluding hydrogens is 525 g/mol. The molecule has 0 aliphatic heterocycles. The van der Waals surface area contributed by atoms with Gasteiger partial charge in [-0.1, -0.05) is 96.1 Å². The van der Waals surface area contributed by atoms with E-state index < -0.39 is 0 Å². The normalized spacial score (nSPS) is 12.6. The monoisotopic (exact) mass is 557 g/mol. The van der Waals surface area contributed by atoms with E-state index in [1.54, 1.807) is 0 Å². The van der Waals surface area contributed by atoms with Gasteiger partial charge in [0, 0.05) is 14.3 Å². The van der Waals surface area contributed by atoms with Crippen LogP contribution in [0.5, 0.6) is 0 Å². The number of nitrogens with zero attached hydrogens (tertiary/aromatic N) is 1. The largest absolute Gasteiger partial charge is 0.308 e. The predicted octanol–water partition coefficient (Wildman–Crippen LogP) is 9.65. The van der Waals surface area contributed by atoms with Crippen molar-refractivity contribution in [3.63, 3.8) is 0 Å². The molecule has 4 aromatic carbocycles. The maximum atomic E-state index is 2.53. The summed E-state index contributed by atoms with van der Waals surface area (Å²) in [6, 6.07) is 31.4. The highest BCUT2D eigenvalue weighted by Gasteiger charge is 2.21. The molecule has 0 amide bonds. The first-order chi connectivity index (χ1) is 16.1. The summed E-state index contributed by atoms with van der Waals surface area (Å²) in [4.78, 5) is 0. The van der Waals surface area contributed by atoms with Gasteiger partial charge in [-0.25, -0.2) is 0 Å². The van der Waals surface area contributed by atoms with Crippen molar-refractivity contribution >= 4 is 44.4 Å². The molecule has 172 valence electrons. The molecule has 0 saturated carbocycles. The Morgan fingerprint density at radius 2 is 1.12 bits per heavy atom. The van der Waals surface area contributed by atoms with Crippen molar-refractivity contribution in [2.45, 2.75) is 52.4 Å². The molecule has 0 N–H and O–H groups in total. The Morgan fingerprint density at radius 3 is 1.62 bits per heavy atom. The molecule has 0 aliphatic carbocycles. The van der Waals surface area contributed by atoms with Gasteiger partial charge in [0.25, 0.3) is 0 Å². The Labute approximate surface area is 217 Å². The van der Waals surface area contributed by atoms with E-state index in [4.69, 9.17) is 0 Å². The summed E-state index contributed by atoms with van der Waals surface area (Å²) in [5, 5.41) is 2.66. The average molecular weight is 558 g/mol. The Morgan fingerprint density at radius 1 is 0.588 bits per heavy atom. The van der Waals surface area contributed by atoms with Crippen molar-refractivity contribution in [3.8, 4) is 16.8 Å². The van der Waals surface area contributed by atoms with E-state index in [1.165, 1.54) is 53.3 Å². The van der Waals surface area contributed by atoms with Crippen LogP contribution >= 0.6 is 22.6 Å². The van der Waals surface area contributed by atoms with E-state index in [0.717, 1.165) is 0 Å². The summed E-state index contributed by atoms with van der Waals surface area (Å²) in [6.45, 7) is 13.8. The molecule has 0 spiro atoms. The first kappa shape index (κ1) is 23.2. The molecule has 0 saturated heterocycles. The minimum absolute atomic E-state index is 0.103. The summed E-state index contributed by atoms with van der Waals surface area (Å²) in [5.74, 6) is 0. The quantitative estimate of drug-likeness (QED) is 0.191. The molecular formula is C32H32IN. The number of fused-ring (bicyclic) bond motifs is 3. The molecule has 0 bridgehead atoms. The fourth-order valence-electron chi connectivity index (χ4n) is 4.75. The van der Waals surface area contributed by atoms with Crippen molar-refractivity contribution in [2.75, 3.05) is 0 Å². The highest BCUT2D eigenvalue weighted by atomic mass is 127. The number of rotatable bonds is 2. The van der Waals surface area contributed by atoms with Gasteiger partial charge in [-0.2, -0.15) is 0 Å². The highest BCUT2D eigenvalue weighted by molar-refractivity contribution is 14.1. The van der Waals surface area contributed by atoms with E-state index in [0.29, 0.717) is 0 Å². The van der Waals surface area contributed by atoms with Crippen LogP contribution in [-0.2, 0) is 10.8 Å². The summed E-state index contributed by atoms with van der Waals surface area (Å²) >= 11 is 2.53. The van der Waals surface area contributed by atoms with Gasteiger partial charge >= 0.3 is 0 Å². The third kappa shape index (κ3) is 3.96. The van der Waals surface area contributed by atoms with Crippen LogP contribution < -0.4 is 0 Å². The number of benzene rings is 4.